The largest absolute Gasteiger partial charge is 0.417 e. The second-order valence-corrected chi connectivity index (χ2v) is 7.77. The second-order valence-electron chi connectivity index (χ2n) is 6.96. The van der Waals surface area contributed by atoms with E-state index in [1.54, 1.807) is 6.07 Å². The summed E-state index contributed by atoms with van der Waals surface area (Å²) in [7, 11) is 0. The van der Waals surface area contributed by atoms with Crippen molar-refractivity contribution in [1.29, 1.82) is 0 Å². The molecule has 3 rings (SSSR count). The van der Waals surface area contributed by atoms with Crippen molar-refractivity contribution in [3.63, 3.8) is 0 Å². The summed E-state index contributed by atoms with van der Waals surface area (Å²) in [6.07, 6.45) is -3.36. The van der Waals surface area contributed by atoms with E-state index in [0.717, 1.165) is 29.2 Å². The van der Waals surface area contributed by atoms with Crippen molar-refractivity contribution >= 4 is 46.9 Å². The number of carbonyl (C=O) groups is 2. The van der Waals surface area contributed by atoms with Crippen LogP contribution in [0.2, 0.25) is 10.0 Å². The second kappa shape index (κ2) is 9.68. The molecule has 0 saturated carbocycles. The topological polar surface area (TPSA) is 75.5 Å². The van der Waals surface area contributed by atoms with Gasteiger partial charge in [-0.1, -0.05) is 35.3 Å². The third-order valence-electron chi connectivity index (χ3n) is 4.67. The van der Waals surface area contributed by atoms with E-state index in [1.165, 1.54) is 6.21 Å². The molecule has 3 aromatic rings. The van der Waals surface area contributed by atoms with E-state index in [4.69, 9.17) is 23.2 Å². The van der Waals surface area contributed by atoms with E-state index < -0.39 is 28.6 Å². The van der Waals surface area contributed by atoms with Gasteiger partial charge in [-0.15, -0.1) is 0 Å². The van der Waals surface area contributed by atoms with Crippen molar-refractivity contribution in [3.8, 4) is 5.69 Å². The quantitative estimate of drug-likeness (QED) is 0.284. The molecule has 1 heterocycles. The highest BCUT2D eigenvalue weighted by Gasteiger charge is 2.33. The fourth-order valence-corrected chi connectivity index (χ4v) is 3.59. The van der Waals surface area contributed by atoms with Crippen LogP contribution in [0.15, 0.2) is 53.6 Å². The summed E-state index contributed by atoms with van der Waals surface area (Å²) in [6, 6.07) is 11.9. The first-order chi connectivity index (χ1) is 15.5. The van der Waals surface area contributed by atoms with Gasteiger partial charge < -0.3 is 9.88 Å². The molecule has 0 fully saturated rings. The van der Waals surface area contributed by atoms with Crippen molar-refractivity contribution in [2.75, 3.05) is 5.32 Å². The summed E-state index contributed by atoms with van der Waals surface area (Å²) in [5.74, 6) is -2.35. The zero-order chi connectivity index (χ0) is 24.3. The number of benzene rings is 2. The van der Waals surface area contributed by atoms with E-state index >= 15 is 0 Å². The minimum Gasteiger partial charge on any atom is -0.318 e. The number of carbonyl (C=O) groups excluding carboxylic acids is 2. The fourth-order valence-electron chi connectivity index (χ4n) is 3.14. The molecule has 172 valence electrons. The molecule has 0 saturated heterocycles. The van der Waals surface area contributed by atoms with Gasteiger partial charge in [0.25, 0.3) is 0 Å². The molecule has 0 unspecified atom stereocenters. The zero-order valence-electron chi connectivity index (χ0n) is 17.3. The maximum absolute atomic E-state index is 12.9. The van der Waals surface area contributed by atoms with Crippen LogP contribution in [-0.2, 0) is 15.8 Å². The van der Waals surface area contributed by atoms with Crippen molar-refractivity contribution < 1.29 is 22.8 Å². The third-order valence-corrected chi connectivity index (χ3v) is 5.32. The van der Waals surface area contributed by atoms with E-state index in [2.05, 4.69) is 10.4 Å². The SMILES string of the molecule is Cc1cc(/C=N\NC(=O)C(=O)Nc2ccc(Cl)c(C(F)(F)F)c2)c(C)n1-c1ccccc1Cl. The number of anilines is 1. The van der Waals surface area contributed by atoms with Crippen LogP contribution >= 0.6 is 23.2 Å². The van der Waals surface area contributed by atoms with Gasteiger partial charge >= 0.3 is 18.0 Å². The summed E-state index contributed by atoms with van der Waals surface area (Å²) >= 11 is 11.8. The van der Waals surface area contributed by atoms with Crippen LogP contribution in [0.25, 0.3) is 5.69 Å². The van der Waals surface area contributed by atoms with Gasteiger partial charge in [0.1, 0.15) is 0 Å². The van der Waals surface area contributed by atoms with Gasteiger partial charge in [0.15, 0.2) is 0 Å². The van der Waals surface area contributed by atoms with Crippen molar-refractivity contribution in [3.05, 3.63) is 81.1 Å². The number of nitrogens with one attached hydrogen (secondary N) is 2. The Labute approximate surface area is 197 Å². The van der Waals surface area contributed by atoms with E-state index in [-0.39, 0.29) is 5.69 Å². The van der Waals surface area contributed by atoms with E-state index in [9.17, 15) is 22.8 Å². The first-order valence-electron chi connectivity index (χ1n) is 9.44. The lowest BCUT2D eigenvalue weighted by Gasteiger charge is -2.11. The van der Waals surface area contributed by atoms with Crippen LogP contribution in [0.4, 0.5) is 18.9 Å². The average molecular weight is 497 g/mol. The molecule has 0 radical (unpaired) electrons. The number of halogens is 5. The highest BCUT2D eigenvalue weighted by molar-refractivity contribution is 6.39. The van der Waals surface area contributed by atoms with Crippen molar-refractivity contribution in [2.24, 2.45) is 5.10 Å². The third kappa shape index (κ3) is 5.55. The molecule has 2 N–H and O–H groups in total. The molecule has 0 atom stereocenters. The highest BCUT2D eigenvalue weighted by Crippen LogP contribution is 2.36. The van der Waals surface area contributed by atoms with Gasteiger partial charge in [-0.25, -0.2) is 5.43 Å². The Bertz CT molecular complexity index is 1250. The average Bonchev–Trinajstić information content (AvgIpc) is 3.02. The molecule has 11 heteroatoms. The number of aromatic nitrogens is 1. The number of hydrogen-bond acceptors (Lipinski definition) is 3. The lowest BCUT2D eigenvalue weighted by Crippen LogP contribution is -2.32. The van der Waals surface area contributed by atoms with Gasteiger partial charge in [-0.05, 0) is 50.2 Å². The normalized spacial score (nSPS) is 11.6. The molecular formula is C22H17Cl2F3N4O2. The molecule has 0 aliphatic carbocycles. The van der Waals surface area contributed by atoms with Gasteiger partial charge in [-0.2, -0.15) is 18.3 Å². The van der Waals surface area contributed by atoms with Gasteiger partial charge in [-0.3, -0.25) is 9.59 Å². The minimum absolute atomic E-state index is 0.237. The summed E-state index contributed by atoms with van der Waals surface area (Å²) in [6.45, 7) is 3.71. The van der Waals surface area contributed by atoms with E-state index in [0.29, 0.717) is 16.7 Å². The molecule has 0 aliphatic rings. The predicted molar refractivity (Wildman–Crippen MR) is 121 cm³/mol. The van der Waals surface area contributed by atoms with Gasteiger partial charge in [0.05, 0.1) is 27.5 Å². The Balaban J connectivity index is 1.69. The Morgan fingerprint density at radius 1 is 1.00 bits per heavy atom. The Hall–Kier alpha value is -3.30. The first-order valence-corrected chi connectivity index (χ1v) is 10.2. The molecule has 0 aliphatic heterocycles. The van der Waals surface area contributed by atoms with Crippen molar-refractivity contribution in [1.82, 2.24) is 9.99 Å². The van der Waals surface area contributed by atoms with Crippen LogP contribution in [0.3, 0.4) is 0 Å². The number of amides is 2. The standard InChI is InChI=1S/C22H17Cl2F3N4O2/c1-12-9-14(13(2)31(12)19-6-4-3-5-18(19)24)11-28-30-21(33)20(32)29-15-7-8-17(23)16(10-15)22(25,26)27/h3-11H,1-2H3,(H,29,32)(H,30,33)/b28-11-. The zero-order valence-corrected chi connectivity index (χ0v) is 18.8. The predicted octanol–water partition coefficient (Wildman–Crippen LogP) is 5.51. The highest BCUT2D eigenvalue weighted by atomic mass is 35.5. The molecule has 6 nitrogen and oxygen atoms in total. The number of rotatable bonds is 4. The summed E-state index contributed by atoms with van der Waals surface area (Å²) in [4.78, 5) is 24.0. The number of para-hydroxylation sites is 1. The number of aryl methyl sites for hydroxylation is 1. The lowest BCUT2D eigenvalue weighted by atomic mass is 10.2. The molecule has 0 bridgehead atoms. The monoisotopic (exact) mass is 496 g/mol. The van der Waals surface area contributed by atoms with Crippen LogP contribution < -0.4 is 10.7 Å². The van der Waals surface area contributed by atoms with Crippen LogP contribution in [-0.4, -0.2) is 22.6 Å². The molecule has 2 aromatic carbocycles. The summed E-state index contributed by atoms with van der Waals surface area (Å²) in [5, 5.41) is 5.89. The van der Waals surface area contributed by atoms with Gasteiger partial charge in [0.2, 0.25) is 0 Å². The van der Waals surface area contributed by atoms with E-state index in [1.807, 2.05) is 48.1 Å². The lowest BCUT2D eigenvalue weighted by molar-refractivity contribution is -0.137. The smallest absolute Gasteiger partial charge is 0.318 e. The van der Waals surface area contributed by atoms with Crippen LogP contribution in [0, 0.1) is 13.8 Å². The number of nitrogens with zero attached hydrogens (tertiary/aromatic N) is 2. The minimum atomic E-state index is -4.71. The Morgan fingerprint density at radius 2 is 1.70 bits per heavy atom. The first kappa shape index (κ1) is 24.3. The Kier molecular flexibility index (Phi) is 7.14. The Morgan fingerprint density at radius 3 is 2.36 bits per heavy atom. The molecule has 1 aromatic heterocycles. The van der Waals surface area contributed by atoms with Crippen LogP contribution in [0.5, 0.6) is 0 Å². The number of hydrazone groups is 1. The maximum Gasteiger partial charge on any atom is 0.417 e. The fraction of sp³-hybridized carbons (Fsp3) is 0.136. The summed E-state index contributed by atoms with van der Waals surface area (Å²) in [5.41, 5.74) is 3.79. The number of hydrogen-bond donors (Lipinski definition) is 2. The van der Waals surface area contributed by atoms with Crippen LogP contribution in [0.1, 0.15) is 22.5 Å². The molecule has 33 heavy (non-hydrogen) atoms. The molecule has 0 spiro atoms. The molecular weight excluding hydrogens is 480 g/mol. The number of alkyl halides is 3. The van der Waals surface area contributed by atoms with Crippen molar-refractivity contribution in [2.45, 2.75) is 20.0 Å². The van der Waals surface area contributed by atoms with Gasteiger partial charge in [0, 0.05) is 22.6 Å². The maximum atomic E-state index is 12.9. The molecule has 2 amide bonds. The summed E-state index contributed by atoms with van der Waals surface area (Å²) < 4.78 is 40.7.